The second kappa shape index (κ2) is 36.9. The van der Waals surface area contributed by atoms with E-state index in [4.69, 9.17) is 18.5 Å². The van der Waals surface area contributed by atoms with Crippen molar-refractivity contribution < 1.29 is 37.3 Å². The lowest BCUT2D eigenvalue weighted by Crippen LogP contribution is -2.37. The van der Waals surface area contributed by atoms with Crippen LogP contribution >= 0.6 is 7.82 Å². The first-order valence-corrected chi connectivity index (χ1v) is 23.0. The van der Waals surface area contributed by atoms with Gasteiger partial charge in [0.25, 0.3) is 7.82 Å². The highest BCUT2D eigenvalue weighted by molar-refractivity contribution is 7.45. The summed E-state index contributed by atoms with van der Waals surface area (Å²) in [6, 6.07) is 0. The van der Waals surface area contributed by atoms with Crippen LogP contribution < -0.4 is 4.89 Å². The molecule has 0 fully saturated rings. The molecule has 0 saturated heterocycles. The van der Waals surface area contributed by atoms with Crippen molar-refractivity contribution >= 4 is 13.8 Å². The molecule has 8 nitrogen and oxygen atoms in total. The maximum Gasteiger partial charge on any atom is 0.306 e. The zero-order chi connectivity index (χ0) is 38.4. The topological polar surface area (TPSA) is 94.1 Å². The van der Waals surface area contributed by atoms with Crippen molar-refractivity contribution in [2.24, 2.45) is 0 Å². The monoisotopic (exact) mass is 758 g/mol. The summed E-state index contributed by atoms with van der Waals surface area (Å²) in [5.74, 6) is -0.345. The van der Waals surface area contributed by atoms with Gasteiger partial charge in [-0.3, -0.25) is 9.36 Å². The van der Waals surface area contributed by atoms with Crippen molar-refractivity contribution in [3.8, 4) is 0 Å². The molecule has 0 aliphatic carbocycles. The molecule has 308 valence electrons. The third-order valence-corrected chi connectivity index (χ3v) is 10.2. The average molecular weight is 758 g/mol. The molecule has 0 bridgehead atoms. The summed E-state index contributed by atoms with van der Waals surface area (Å²) in [6.45, 7) is 5.38. The maximum atomic E-state index is 12.6. The molecule has 0 N–H and O–H groups in total. The first-order valence-electron chi connectivity index (χ1n) is 21.6. The first kappa shape index (κ1) is 51.0. The summed E-state index contributed by atoms with van der Waals surface area (Å²) >= 11 is 0. The van der Waals surface area contributed by atoms with Gasteiger partial charge in [-0.25, -0.2) is 0 Å². The minimum absolute atomic E-state index is 0.0244. The molecule has 0 rings (SSSR count). The highest BCUT2D eigenvalue weighted by Gasteiger charge is 2.20. The lowest BCUT2D eigenvalue weighted by Gasteiger charge is -2.28. The number of phosphoric ester groups is 1. The van der Waals surface area contributed by atoms with Crippen molar-refractivity contribution in [2.75, 3.05) is 54.1 Å². The fourth-order valence-electron chi connectivity index (χ4n) is 5.83. The summed E-state index contributed by atoms with van der Waals surface area (Å²) in [7, 11) is 1.35. The molecule has 9 heteroatoms. The second-order valence-electron chi connectivity index (χ2n) is 15.7. The number of nitrogens with zero attached hydrogens (tertiary/aromatic N) is 1. The lowest BCUT2D eigenvalue weighted by molar-refractivity contribution is -0.870. The Morgan fingerprint density at radius 3 is 1.48 bits per heavy atom. The van der Waals surface area contributed by atoms with E-state index < -0.39 is 13.9 Å². The van der Waals surface area contributed by atoms with Gasteiger partial charge in [-0.2, -0.15) is 0 Å². The van der Waals surface area contributed by atoms with E-state index in [0.29, 0.717) is 24.1 Å². The Morgan fingerprint density at radius 2 is 1.00 bits per heavy atom. The van der Waals surface area contributed by atoms with E-state index >= 15 is 0 Å². The fraction of sp³-hybridized carbons (Fsp3) is 0.884. The lowest BCUT2D eigenvalue weighted by atomic mass is 10.1. The number of carbonyl (C=O) groups is 1. The van der Waals surface area contributed by atoms with E-state index in [2.05, 4.69) is 38.2 Å². The number of phosphoric acid groups is 1. The van der Waals surface area contributed by atoms with Crippen LogP contribution in [0.5, 0.6) is 0 Å². The molecule has 52 heavy (non-hydrogen) atoms. The van der Waals surface area contributed by atoms with E-state index in [9.17, 15) is 14.3 Å². The van der Waals surface area contributed by atoms with Crippen LogP contribution in [0.15, 0.2) is 24.3 Å². The van der Waals surface area contributed by atoms with Gasteiger partial charge >= 0.3 is 5.97 Å². The third kappa shape index (κ3) is 40.2. The van der Waals surface area contributed by atoms with E-state index in [-0.39, 0.29) is 25.8 Å². The van der Waals surface area contributed by atoms with Crippen LogP contribution in [0, 0.1) is 0 Å². The largest absolute Gasteiger partial charge is 0.756 e. The molecule has 0 spiro atoms. The minimum Gasteiger partial charge on any atom is -0.756 e. The van der Waals surface area contributed by atoms with Crippen molar-refractivity contribution in [1.29, 1.82) is 0 Å². The van der Waals surface area contributed by atoms with Gasteiger partial charge in [-0.05, 0) is 64.2 Å². The summed E-state index contributed by atoms with van der Waals surface area (Å²) < 4.78 is 34.5. The van der Waals surface area contributed by atoms with E-state index in [1.165, 1.54) is 122 Å². The molecule has 0 aliphatic rings. The molecule has 0 aliphatic heterocycles. The molecule has 0 aromatic carbocycles. The van der Waals surface area contributed by atoms with Crippen LogP contribution in [0.1, 0.15) is 187 Å². The Labute approximate surface area is 322 Å². The van der Waals surface area contributed by atoms with Crippen LogP contribution in [-0.4, -0.2) is 70.7 Å². The van der Waals surface area contributed by atoms with Gasteiger partial charge in [0, 0.05) is 13.0 Å². The van der Waals surface area contributed by atoms with Crippen molar-refractivity contribution in [2.45, 2.75) is 193 Å². The van der Waals surface area contributed by atoms with E-state index in [0.717, 1.165) is 44.9 Å². The molecular weight excluding hydrogens is 673 g/mol. The number of quaternary nitrogens is 1. The second-order valence-corrected chi connectivity index (χ2v) is 17.1. The van der Waals surface area contributed by atoms with Crippen molar-refractivity contribution in [1.82, 2.24) is 0 Å². The number of carbonyl (C=O) groups excluding carboxylic acids is 1. The highest BCUT2D eigenvalue weighted by Crippen LogP contribution is 2.38. The van der Waals surface area contributed by atoms with Crippen molar-refractivity contribution in [3.05, 3.63) is 24.3 Å². The van der Waals surface area contributed by atoms with Crippen LogP contribution in [0.4, 0.5) is 0 Å². The number of rotatable bonds is 40. The van der Waals surface area contributed by atoms with Gasteiger partial charge in [-0.1, -0.05) is 141 Å². The number of esters is 1. The van der Waals surface area contributed by atoms with Gasteiger partial charge in [-0.15, -0.1) is 0 Å². The van der Waals surface area contributed by atoms with E-state index in [1.807, 2.05) is 21.1 Å². The molecule has 0 heterocycles. The van der Waals surface area contributed by atoms with Crippen LogP contribution in [-0.2, 0) is 27.9 Å². The van der Waals surface area contributed by atoms with Crippen LogP contribution in [0.2, 0.25) is 0 Å². The standard InChI is InChI=1S/C43H84NO7P/c1-6-8-10-12-14-16-18-20-21-22-23-25-27-29-31-33-35-38-48-40-42(41-50-52(46,47)49-39-37-44(3,4)5)51-43(45)36-34-32-30-28-26-24-19-17-15-13-11-9-7-2/h17,19,21-22,42H,6-16,18,20,23-41H2,1-5H3/b19-17-,22-21-. The first-order chi connectivity index (χ1) is 25.1. The predicted octanol–water partition coefficient (Wildman–Crippen LogP) is 11.8. The molecule has 2 unspecified atom stereocenters. The summed E-state index contributed by atoms with van der Waals surface area (Å²) in [5.41, 5.74) is 0. The van der Waals surface area contributed by atoms with Gasteiger partial charge < -0.3 is 27.9 Å². The predicted molar refractivity (Wildman–Crippen MR) is 217 cm³/mol. The average Bonchev–Trinajstić information content (AvgIpc) is 3.09. The Bertz CT molecular complexity index is 889. The highest BCUT2D eigenvalue weighted by atomic mass is 31.2. The Morgan fingerprint density at radius 1 is 0.577 bits per heavy atom. The number of hydrogen-bond acceptors (Lipinski definition) is 7. The number of likely N-dealkylation sites (N-methyl/N-ethyl adjacent to an activating group) is 1. The number of ether oxygens (including phenoxy) is 2. The molecule has 0 aromatic heterocycles. The number of unbranched alkanes of at least 4 members (excludes halogenated alkanes) is 22. The van der Waals surface area contributed by atoms with Crippen molar-refractivity contribution in [3.63, 3.8) is 0 Å². The van der Waals surface area contributed by atoms with Crippen LogP contribution in [0.25, 0.3) is 0 Å². The van der Waals surface area contributed by atoms with Gasteiger partial charge in [0.2, 0.25) is 0 Å². The number of allylic oxidation sites excluding steroid dienone is 4. The molecule has 0 aromatic rings. The zero-order valence-electron chi connectivity index (χ0n) is 34.8. The minimum atomic E-state index is -4.52. The maximum absolute atomic E-state index is 12.6. The van der Waals surface area contributed by atoms with Crippen LogP contribution in [0.3, 0.4) is 0 Å². The van der Waals surface area contributed by atoms with E-state index in [1.54, 1.807) is 0 Å². The molecule has 0 amide bonds. The van der Waals surface area contributed by atoms with Gasteiger partial charge in [0.15, 0.2) is 0 Å². The summed E-state index contributed by atoms with van der Waals surface area (Å²) in [4.78, 5) is 25.0. The summed E-state index contributed by atoms with van der Waals surface area (Å²) in [6.07, 6.45) is 40.4. The molecule has 2 atom stereocenters. The molecular formula is C43H84NO7P. The third-order valence-electron chi connectivity index (χ3n) is 9.23. The summed E-state index contributed by atoms with van der Waals surface area (Å²) in [5, 5.41) is 0. The van der Waals surface area contributed by atoms with Gasteiger partial charge in [0.1, 0.15) is 19.3 Å². The SMILES string of the molecule is CCCCCC/C=C\CCCCCCCC(=O)OC(COCCCCCCCC/C=C\CCCCCCCCC)COP(=O)([O-])OCC[N+](C)(C)C. The fourth-order valence-corrected chi connectivity index (χ4v) is 6.56. The zero-order valence-corrected chi connectivity index (χ0v) is 35.7. The smallest absolute Gasteiger partial charge is 0.306 e. The Hall–Kier alpha value is -1.02. The quantitative estimate of drug-likeness (QED) is 0.0202. The normalized spacial score (nSPS) is 14.0. The van der Waals surface area contributed by atoms with Gasteiger partial charge in [0.05, 0.1) is 34.4 Å². The number of hydrogen-bond donors (Lipinski definition) is 0. The molecule has 0 saturated carbocycles. The Balaban J connectivity index is 4.24. The Kier molecular flexibility index (Phi) is 36.2. The molecule has 0 radical (unpaired) electrons.